The summed E-state index contributed by atoms with van der Waals surface area (Å²) in [5, 5.41) is 5.66. The van der Waals surface area contributed by atoms with Crippen LogP contribution in [0, 0.1) is 12.7 Å². The second-order valence-electron chi connectivity index (χ2n) is 5.32. The first kappa shape index (κ1) is 16.3. The van der Waals surface area contributed by atoms with Crippen molar-refractivity contribution in [3.63, 3.8) is 0 Å². The number of hydrogen-bond acceptors (Lipinski definition) is 4. The van der Waals surface area contributed by atoms with E-state index in [0.29, 0.717) is 11.4 Å². The van der Waals surface area contributed by atoms with E-state index >= 15 is 0 Å². The molecule has 1 amide bonds. The molecule has 7 heteroatoms. The number of thiazole rings is 1. The Morgan fingerprint density at radius 1 is 1.42 bits per heavy atom. The van der Waals surface area contributed by atoms with Crippen LogP contribution in [0.15, 0.2) is 36.0 Å². The minimum atomic E-state index is -0.409. The molecular weight excluding hydrogens is 327 g/mol. The molecule has 0 saturated heterocycles. The summed E-state index contributed by atoms with van der Waals surface area (Å²) in [6.07, 6.45) is 4.44. The molecule has 5 nitrogen and oxygen atoms in total. The van der Waals surface area contributed by atoms with Crippen LogP contribution in [-0.4, -0.2) is 20.4 Å². The monoisotopic (exact) mass is 344 g/mol. The number of carbonyl (C=O) groups excluding carboxylic acids is 1. The predicted molar refractivity (Wildman–Crippen MR) is 92.1 cm³/mol. The largest absolute Gasteiger partial charge is 0.324 e. The first-order chi connectivity index (χ1) is 11.6. The van der Waals surface area contributed by atoms with Crippen LogP contribution in [0.4, 0.5) is 10.1 Å². The van der Waals surface area contributed by atoms with Crippen molar-refractivity contribution in [2.24, 2.45) is 0 Å². The van der Waals surface area contributed by atoms with Crippen LogP contribution in [-0.2, 0) is 17.6 Å². The Hall–Kier alpha value is -2.54. The molecule has 2 aromatic heterocycles. The van der Waals surface area contributed by atoms with E-state index in [4.69, 9.17) is 0 Å². The maximum Gasteiger partial charge on any atom is 0.230 e. The number of aryl methyl sites for hydroxylation is 2. The zero-order valence-corrected chi connectivity index (χ0v) is 14.2. The van der Waals surface area contributed by atoms with Gasteiger partial charge >= 0.3 is 0 Å². The Balaban J connectivity index is 1.82. The van der Waals surface area contributed by atoms with E-state index < -0.39 is 5.82 Å². The highest BCUT2D eigenvalue weighted by molar-refractivity contribution is 7.09. The number of halogens is 1. The van der Waals surface area contributed by atoms with Gasteiger partial charge in [-0.15, -0.1) is 11.3 Å². The van der Waals surface area contributed by atoms with Crippen molar-refractivity contribution in [1.29, 1.82) is 0 Å². The molecule has 24 heavy (non-hydrogen) atoms. The summed E-state index contributed by atoms with van der Waals surface area (Å²) in [4.78, 5) is 20.8. The zero-order chi connectivity index (χ0) is 17.1. The third-order valence-electron chi connectivity index (χ3n) is 3.56. The summed E-state index contributed by atoms with van der Waals surface area (Å²) in [5.41, 5.74) is 1.81. The maximum absolute atomic E-state index is 13.6. The number of carbonyl (C=O) groups is 1. The molecule has 1 N–H and O–H groups in total. The molecule has 0 saturated carbocycles. The molecule has 2 heterocycles. The molecule has 0 bridgehead atoms. The van der Waals surface area contributed by atoms with Crippen molar-refractivity contribution in [3.8, 4) is 5.69 Å². The highest BCUT2D eigenvalue weighted by Crippen LogP contribution is 2.23. The molecule has 0 spiro atoms. The Morgan fingerprint density at radius 2 is 2.25 bits per heavy atom. The van der Waals surface area contributed by atoms with Crippen LogP contribution in [0.2, 0.25) is 0 Å². The quantitative estimate of drug-likeness (QED) is 0.770. The molecule has 1 aromatic carbocycles. The van der Waals surface area contributed by atoms with Crippen LogP contribution in [0.3, 0.4) is 0 Å². The Kier molecular flexibility index (Phi) is 4.71. The maximum atomic E-state index is 13.6. The van der Waals surface area contributed by atoms with Gasteiger partial charge in [-0.1, -0.05) is 6.92 Å². The van der Waals surface area contributed by atoms with Gasteiger partial charge in [0.25, 0.3) is 0 Å². The predicted octanol–water partition coefficient (Wildman–Crippen LogP) is 3.52. The number of anilines is 1. The first-order valence-corrected chi connectivity index (χ1v) is 8.47. The van der Waals surface area contributed by atoms with Crippen LogP contribution in [0.5, 0.6) is 0 Å². The van der Waals surface area contributed by atoms with Gasteiger partial charge in [-0.25, -0.2) is 14.4 Å². The number of imidazole rings is 1. The van der Waals surface area contributed by atoms with Crippen LogP contribution in [0.1, 0.15) is 23.4 Å². The molecule has 0 atom stereocenters. The lowest BCUT2D eigenvalue weighted by atomic mass is 10.2. The van der Waals surface area contributed by atoms with Crippen LogP contribution >= 0.6 is 11.3 Å². The number of benzene rings is 1. The summed E-state index contributed by atoms with van der Waals surface area (Å²) in [6.45, 7) is 3.87. The van der Waals surface area contributed by atoms with Gasteiger partial charge in [0.2, 0.25) is 5.91 Å². The van der Waals surface area contributed by atoms with E-state index in [1.54, 1.807) is 23.0 Å². The first-order valence-electron chi connectivity index (χ1n) is 7.60. The topological polar surface area (TPSA) is 59.8 Å². The minimum Gasteiger partial charge on any atom is -0.324 e. The molecule has 0 aliphatic rings. The summed E-state index contributed by atoms with van der Waals surface area (Å²) in [6, 6.07) is 4.29. The minimum absolute atomic E-state index is 0.162. The van der Waals surface area contributed by atoms with Gasteiger partial charge in [-0.05, 0) is 31.5 Å². The van der Waals surface area contributed by atoms with Gasteiger partial charge in [0.15, 0.2) is 0 Å². The number of amides is 1. The number of rotatable bonds is 5. The number of nitrogens with one attached hydrogen (secondary N) is 1. The third kappa shape index (κ3) is 3.51. The van der Waals surface area contributed by atoms with Gasteiger partial charge < -0.3 is 9.88 Å². The Morgan fingerprint density at radius 3 is 2.92 bits per heavy atom. The van der Waals surface area contributed by atoms with E-state index in [0.717, 1.165) is 22.9 Å². The summed E-state index contributed by atoms with van der Waals surface area (Å²) < 4.78 is 15.4. The van der Waals surface area contributed by atoms with Crippen molar-refractivity contribution in [2.75, 3.05) is 5.32 Å². The zero-order valence-electron chi connectivity index (χ0n) is 13.4. The third-order valence-corrected chi connectivity index (χ3v) is 4.60. The number of hydrogen-bond donors (Lipinski definition) is 1. The van der Waals surface area contributed by atoms with Gasteiger partial charge in [0.05, 0.1) is 28.5 Å². The molecule has 124 valence electrons. The fourth-order valence-corrected chi connectivity index (χ4v) is 3.15. The van der Waals surface area contributed by atoms with E-state index in [9.17, 15) is 9.18 Å². The Bertz CT molecular complexity index is 871. The second-order valence-corrected chi connectivity index (χ2v) is 6.26. The van der Waals surface area contributed by atoms with E-state index in [-0.39, 0.29) is 12.3 Å². The molecule has 0 fully saturated rings. The smallest absolute Gasteiger partial charge is 0.230 e. The van der Waals surface area contributed by atoms with Gasteiger partial charge in [-0.3, -0.25) is 4.79 Å². The summed E-state index contributed by atoms with van der Waals surface area (Å²) in [5.74, 6) is 0.116. The van der Waals surface area contributed by atoms with Crippen molar-refractivity contribution in [1.82, 2.24) is 14.5 Å². The van der Waals surface area contributed by atoms with Crippen LogP contribution in [0.25, 0.3) is 5.69 Å². The van der Waals surface area contributed by atoms with E-state index in [1.165, 1.54) is 23.5 Å². The van der Waals surface area contributed by atoms with E-state index in [2.05, 4.69) is 15.3 Å². The highest BCUT2D eigenvalue weighted by atomic mass is 32.1. The SMILES string of the molecule is CCc1nc(CC(=O)Nc2cc(F)ccc2-n2ccnc2C)cs1. The molecule has 0 radical (unpaired) electrons. The van der Waals surface area contributed by atoms with Crippen molar-refractivity contribution in [2.45, 2.75) is 26.7 Å². The normalized spacial score (nSPS) is 10.8. The molecule has 3 rings (SSSR count). The van der Waals surface area contributed by atoms with Gasteiger partial charge in [-0.2, -0.15) is 0 Å². The van der Waals surface area contributed by atoms with Crippen LogP contribution < -0.4 is 5.32 Å². The lowest BCUT2D eigenvalue weighted by Gasteiger charge is -2.13. The Labute approximate surface area is 143 Å². The lowest BCUT2D eigenvalue weighted by Crippen LogP contribution is -2.16. The fourth-order valence-electron chi connectivity index (χ4n) is 2.40. The number of nitrogens with zero attached hydrogens (tertiary/aromatic N) is 3. The van der Waals surface area contributed by atoms with Crippen molar-refractivity contribution < 1.29 is 9.18 Å². The molecular formula is C17H17FN4OS. The molecule has 0 aliphatic heterocycles. The highest BCUT2D eigenvalue weighted by Gasteiger charge is 2.13. The van der Waals surface area contributed by atoms with Crippen molar-refractivity contribution in [3.05, 3.63) is 58.3 Å². The van der Waals surface area contributed by atoms with E-state index in [1.807, 2.05) is 19.2 Å². The lowest BCUT2D eigenvalue weighted by molar-refractivity contribution is -0.115. The molecule has 0 aliphatic carbocycles. The fraction of sp³-hybridized carbons (Fsp3) is 0.235. The average molecular weight is 344 g/mol. The standard InChI is InChI=1S/C17H17FN4OS/c1-3-17-20-13(10-24-17)9-16(23)21-14-8-12(18)4-5-15(14)22-7-6-19-11(22)2/h4-8,10H,3,9H2,1-2H3,(H,21,23). The molecule has 3 aromatic rings. The van der Waals surface area contributed by atoms with Crippen molar-refractivity contribution >= 4 is 22.9 Å². The summed E-state index contributed by atoms with van der Waals surface area (Å²) in [7, 11) is 0. The van der Waals surface area contributed by atoms with Gasteiger partial charge in [0, 0.05) is 17.8 Å². The average Bonchev–Trinajstić information content (AvgIpc) is 3.16. The summed E-state index contributed by atoms with van der Waals surface area (Å²) >= 11 is 1.54. The number of aromatic nitrogens is 3. The molecule has 0 unspecified atom stereocenters. The van der Waals surface area contributed by atoms with Gasteiger partial charge in [0.1, 0.15) is 11.6 Å². The second kappa shape index (κ2) is 6.92.